The highest BCUT2D eigenvalue weighted by Gasteiger charge is 2.57. The number of hydrogen-bond acceptors (Lipinski definition) is 8. The number of ether oxygens (including phenoxy) is 1. The second kappa shape index (κ2) is 14.9. The predicted octanol–water partition coefficient (Wildman–Crippen LogP) is 5.02. The monoisotopic (exact) mass is 698 g/mol. The van der Waals surface area contributed by atoms with Crippen molar-refractivity contribution in [2.24, 2.45) is 29.1 Å². The molecule has 0 aromatic heterocycles. The van der Waals surface area contributed by atoms with Gasteiger partial charge in [-0.15, -0.1) is 0 Å². The van der Waals surface area contributed by atoms with Crippen molar-refractivity contribution in [1.82, 2.24) is 15.7 Å². The average molecular weight is 699 g/mol. The van der Waals surface area contributed by atoms with Gasteiger partial charge in [-0.05, 0) is 72.3 Å². The fourth-order valence-corrected chi connectivity index (χ4v) is 8.87. The number of carbonyl (C=O) groups is 2. The van der Waals surface area contributed by atoms with Gasteiger partial charge < -0.3 is 30.5 Å². The van der Waals surface area contributed by atoms with E-state index in [9.17, 15) is 19.8 Å². The summed E-state index contributed by atoms with van der Waals surface area (Å²) in [4.78, 5) is 35.8. The summed E-state index contributed by atoms with van der Waals surface area (Å²) in [6, 6.07) is 20.5. The van der Waals surface area contributed by atoms with Gasteiger partial charge in [0.15, 0.2) is 0 Å². The summed E-state index contributed by atoms with van der Waals surface area (Å²) in [5, 5.41) is 29.2. The summed E-state index contributed by atoms with van der Waals surface area (Å²) in [6.07, 6.45) is 0.489. The molecule has 1 saturated heterocycles. The van der Waals surface area contributed by atoms with Gasteiger partial charge in [-0.2, -0.15) is 5.06 Å². The molecule has 1 aliphatic heterocycles. The van der Waals surface area contributed by atoms with Crippen LogP contribution in [0.4, 0.5) is 5.69 Å². The van der Waals surface area contributed by atoms with E-state index in [0.29, 0.717) is 35.6 Å². The van der Waals surface area contributed by atoms with Crippen LogP contribution in [0.2, 0.25) is 0 Å². The van der Waals surface area contributed by atoms with Gasteiger partial charge >= 0.3 is 0 Å². The minimum atomic E-state index is -0.896. The molecule has 4 aliphatic rings. The standard InChI is InChI=1S/C41H54N4O6/c1-24-33-19-30(41(33,3)4)20-34(24)43-40(49)37-36(25(2)47)35(23-46)51-45(37)22-27-14-11-15-32(38(27)50-7)28-16-29(18-31(17-28)44(5)6)39(48)42-21-26-12-9-8-10-13-26/h8-18,24-25,30,33-37,46-47H,19-23H2,1-7H3,(H,42,48)(H,43,49)/t24-,25?,30+,33-,34-,35-,36?,37-/m0/s1. The molecular weight excluding hydrogens is 644 g/mol. The summed E-state index contributed by atoms with van der Waals surface area (Å²) in [5.41, 5.74) is 5.00. The number of nitrogens with zero attached hydrogens (tertiary/aromatic N) is 2. The minimum absolute atomic E-state index is 0.0416. The van der Waals surface area contributed by atoms with Crippen molar-refractivity contribution in [2.75, 3.05) is 32.7 Å². The number of rotatable bonds is 12. The Hall–Kier alpha value is -3.96. The molecule has 0 spiro atoms. The molecule has 4 fully saturated rings. The van der Waals surface area contributed by atoms with Gasteiger partial charge in [0.1, 0.15) is 17.9 Å². The maximum absolute atomic E-state index is 14.2. The lowest BCUT2D eigenvalue weighted by Crippen LogP contribution is -2.62. The predicted molar refractivity (Wildman–Crippen MR) is 198 cm³/mol. The molecule has 3 aliphatic carbocycles. The number of para-hydroxylation sites is 1. The van der Waals surface area contributed by atoms with Gasteiger partial charge in [0.25, 0.3) is 5.91 Å². The Labute approximate surface area is 302 Å². The lowest BCUT2D eigenvalue weighted by Gasteiger charge is -2.62. The van der Waals surface area contributed by atoms with E-state index in [1.165, 1.54) is 6.42 Å². The highest BCUT2D eigenvalue weighted by atomic mass is 16.7. The van der Waals surface area contributed by atoms with Crippen molar-refractivity contribution in [3.63, 3.8) is 0 Å². The number of anilines is 1. The van der Waals surface area contributed by atoms with Crippen molar-refractivity contribution in [3.8, 4) is 16.9 Å². The molecule has 10 nitrogen and oxygen atoms in total. The number of carbonyl (C=O) groups excluding carboxylic acids is 2. The molecule has 10 heteroatoms. The second-order valence-corrected chi connectivity index (χ2v) is 15.6. The van der Waals surface area contributed by atoms with E-state index in [0.717, 1.165) is 34.4 Å². The summed E-state index contributed by atoms with van der Waals surface area (Å²) >= 11 is 0. The average Bonchev–Trinajstić information content (AvgIpc) is 3.49. The van der Waals surface area contributed by atoms with Crippen LogP contribution in [-0.2, 0) is 22.7 Å². The molecule has 1 heterocycles. The normalized spacial score (nSPS) is 27.3. The fourth-order valence-electron chi connectivity index (χ4n) is 8.87. The number of fused-ring (bicyclic) bond motifs is 2. The quantitative estimate of drug-likeness (QED) is 0.208. The lowest BCUT2D eigenvalue weighted by atomic mass is 9.45. The Balaban J connectivity index is 1.28. The molecule has 7 rings (SSSR count). The highest BCUT2D eigenvalue weighted by Crippen LogP contribution is 2.61. The summed E-state index contributed by atoms with van der Waals surface area (Å²) < 4.78 is 6.05. The zero-order chi connectivity index (χ0) is 36.6. The molecule has 0 radical (unpaired) electrons. The SMILES string of the molecule is COc1c(CN2O[C@@H](CO)C(C(C)O)[C@H]2C(=O)N[C@H]2C[C@H]3C[C@@H]([C@@H]2C)C3(C)C)cccc1-c1cc(C(=O)NCc2ccccc2)cc(N(C)C)c1. The van der Waals surface area contributed by atoms with E-state index in [1.54, 1.807) is 19.1 Å². The van der Waals surface area contributed by atoms with Crippen molar-refractivity contribution < 1.29 is 29.4 Å². The van der Waals surface area contributed by atoms with Gasteiger partial charge in [0.2, 0.25) is 5.91 Å². The number of hydrogen-bond donors (Lipinski definition) is 4. The number of nitrogens with one attached hydrogen (secondary N) is 2. The van der Waals surface area contributed by atoms with E-state index in [1.807, 2.05) is 85.7 Å². The summed E-state index contributed by atoms with van der Waals surface area (Å²) in [5.74, 6) is 1.02. The van der Waals surface area contributed by atoms with Crippen LogP contribution in [0.15, 0.2) is 66.7 Å². The van der Waals surface area contributed by atoms with Gasteiger partial charge in [0, 0.05) is 55.0 Å². The Morgan fingerprint density at radius 3 is 2.45 bits per heavy atom. The van der Waals surface area contributed by atoms with E-state index in [2.05, 4.69) is 31.4 Å². The van der Waals surface area contributed by atoms with Gasteiger partial charge in [-0.25, -0.2) is 0 Å². The van der Waals surface area contributed by atoms with E-state index >= 15 is 0 Å². The number of amides is 2. The molecule has 2 amide bonds. The van der Waals surface area contributed by atoms with Crippen LogP contribution >= 0.6 is 0 Å². The molecule has 3 aromatic carbocycles. The number of methoxy groups -OCH3 is 1. The Morgan fingerprint density at radius 2 is 1.82 bits per heavy atom. The third-order valence-electron chi connectivity index (χ3n) is 12.0. The molecule has 51 heavy (non-hydrogen) atoms. The molecule has 4 N–H and O–H groups in total. The van der Waals surface area contributed by atoms with Crippen LogP contribution < -0.4 is 20.3 Å². The maximum Gasteiger partial charge on any atom is 0.251 e. The summed E-state index contributed by atoms with van der Waals surface area (Å²) in [6.45, 7) is 8.80. The van der Waals surface area contributed by atoms with Crippen molar-refractivity contribution in [3.05, 3.63) is 83.4 Å². The lowest BCUT2D eigenvalue weighted by molar-refractivity contribution is -0.183. The molecule has 2 unspecified atom stereocenters. The number of aliphatic hydroxyl groups is 2. The molecule has 2 bridgehead atoms. The topological polar surface area (TPSA) is 124 Å². The van der Waals surface area contributed by atoms with Crippen LogP contribution in [0.5, 0.6) is 5.75 Å². The smallest absolute Gasteiger partial charge is 0.251 e. The third-order valence-corrected chi connectivity index (χ3v) is 12.0. The fraction of sp³-hybridized carbons (Fsp3) is 0.512. The van der Waals surface area contributed by atoms with Crippen LogP contribution in [-0.4, -0.2) is 79.2 Å². The molecule has 3 saturated carbocycles. The zero-order valence-electron chi connectivity index (χ0n) is 30.9. The first-order valence-electron chi connectivity index (χ1n) is 18.2. The van der Waals surface area contributed by atoms with Crippen molar-refractivity contribution in [1.29, 1.82) is 0 Å². The Kier molecular flexibility index (Phi) is 10.8. The third kappa shape index (κ3) is 7.24. The number of hydroxylamine groups is 2. The van der Waals surface area contributed by atoms with Gasteiger partial charge in [-0.1, -0.05) is 69.3 Å². The van der Waals surface area contributed by atoms with Crippen molar-refractivity contribution >= 4 is 17.5 Å². The minimum Gasteiger partial charge on any atom is -0.496 e. The van der Waals surface area contributed by atoms with Gasteiger partial charge in [-0.3, -0.25) is 14.4 Å². The van der Waals surface area contributed by atoms with Gasteiger partial charge in [0.05, 0.1) is 26.4 Å². The van der Waals surface area contributed by atoms with Crippen LogP contribution in [0.3, 0.4) is 0 Å². The first kappa shape index (κ1) is 36.8. The van der Waals surface area contributed by atoms with Crippen molar-refractivity contribution in [2.45, 2.75) is 77.9 Å². The first-order chi connectivity index (χ1) is 24.3. The molecule has 3 aromatic rings. The van der Waals surface area contributed by atoms with E-state index in [-0.39, 0.29) is 36.4 Å². The molecule has 8 atom stereocenters. The molecule has 274 valence electrons. The van der Waals surface area contributed by atoms with Crippen LogP contribution in [0.1, 0.15) is 62.0 Å². The first-order valence-corrected chi connectivity index (χ1v) is 18.2. The summed E-state index contributed by atoms with van der Waals surface area (Å²) in [7, 11) is 5.47. The van der Waals surface area contributed by atoms with Crippen LogP contribution in [0, 0.1) is 29.1 Å². The Bertz CT molecular complexity index is 1710. The van der Waals surface area contributed by atoms with E-state index < -0.39 is 24.2 Å². The zero-order valence-corrected chi connectivity index (χ0v) is 30.9. The van der Waals surface area contributed by atoms with E-state index in [4.69, 9.17) is 9.57 Å². The number of aliphatic hydroxyl groups excluding tert-OH is 2. The highest BCUT2D eigenvalue weighted by molar-refractivity contribution is 5.97. The Morgan fingerprint density at radius 1 is 1.08 bits per heavy atom. The van der Waals surface area contributed by atoms with Crippen LogP contribution in [0.25, 0.3) is 11.1 Å². The second-order valence-electron chi connectivity index (χ2n) is 15.6. The largest absolute Gasteiger partial charge is 0.496 e. The molecular formula is C41H54N4O6. The maximum atomic E-state index is 14.2. The number of benzene rings is 3.